The van der Waals surface area contributed by atoms with Gasteiger partial charge in [-0.25, -0.2) is 0 Å². The van der Waals surface area contributed by atoms with Crippen LogP contribution in [0.15, 0.2) is 30.3 Å². The van der Waals surface area contributed by atoms with Crippen molar-refractivity contribution in [2.75, 3.05) is 13.1 Å². The lowest BCUT2D eigenvalue weighted by molar-refractivity contribution is -0.130. The van der Waals surface area contributed by atoms with Crippen molar-refractivity contribution in [2.45, 2.75) is 24.3 Å². The molecule has 0 bridgehead atoms. The van der Waals surface area contributed by atoms with Gasteiger partial charge in [-0.3, -0.25) is 4.79 Å². The molecule has 1 aliphatic heterocycles. The highest BCUT2D eigenvalue weighted by molar-refractivity contribution is 6.30. The highest BCUT2D eigenvalue weighted by Crippen LogP contribution is 2.39. The molecule has 4 unspecified atom stereocenters. The molecule has 1 aromatic carbocycles. The average molecular weight is 280 g/mol. The van der Waals surface area contributed by atoms with Gasteiger partial charge in [-0.15, -0.1) is 11.6 Å². The molecule has 2 fully saturated rings. The van der Waals surface area contributed by atoms with E-state index in [9.17, 15) is 9.90 Å². The third kappa shape index (κ3) is 2.37. The van der Waals surface area contributed by atoms with Crippen molar-refractivity contribution in [1.82, 2.24) is 4.90 Å². The SMILES string of the molecule is O=C(C(Cl)c1ccccc1)N1CC2CCC(O)C2C1. The summed E-state index contributed by atoms with van der Waals surface area (Å²) in [4.78, 5) is 14.2. The van der Waals surface area contributed by atoms with Crippen LogP contribution in [0, 0.1) is 11.8 Å². The lowest BCUT2D eigenvalue weighted by Crippen LogP contribution is -2.33. The van der Waals surface area contributed by atoms with Gasteiger partial charge in [0.15, 0.2) is 0 Å². The van der Waals surface area contributed by atoms with Gasteiger partial charge in [-0.2, -0.15) is 0 Å². The number of hydrogen-bond acceptors (Lipinski definition) is 2. The minimum absolute atomic E-state index is 0.0329. The molecule has 1 aliphatic carbocycles. The van der Waals surface area contributed by atoms with Crippen molar-refractivity contribution in [3.05, 3.63) is 35.9 Å². The van der Waals surface area contributed by atoms with E-state index in [2.05, 4.69) is 0 Å². The topological polar surface area (TPSA) is 40.5 Å². The Balaban J connectivity index is 1.69. The molecular weight excluding hydrogens is 262 g/mol. The molecule has 1 saturated heterocycles. The Morgan fingerprint density at radius 1 is 1.26 bits per heavy atom. The summed E-state index contributed by atoms with van der Waals surface area (Å²) in [6.45, 7) is 1.40. The Hall–Kier alpha value is -1.06. The summed E-state index contributed by atoms with van der Waals surface area (Å²) >= 11 is 6.28. The Morgan fingerprint density at radius 3 is 2.68 bits per heavy atom. The van der Waals surface area contributed by atoms with Gasteiger partial charge in [0.05, 0.1) is 6.10 Å². The standard InChI is InChI=1S/C15H18ClNO2/c16-14(10-4-2-1-3-5-10)15(19)17-8-11-6-7-13(18)12(11)9-17/h1-5,11-14,18H,6-9H2. The molecule has 1 heterocycles. The van der Waals surface area contributed by atoms with Crippen LogP contribution in [0.25, 0.3) is 0 Å². The average Bonchev–Trinajstić information content (AvgIpc) is 3.01. The van der Waals surface area contributed by atoms with Crippen molar-refractivity contribution >= 4 is 17.5 Å². The monoisotopic (exact) mass is 279 g/mol. The number of aliphatic hydroxyl groups excluding tert-OH is 1. The number of nitrogens with zero attached hydrogens (tertiary/aromatic N) is 1. The lowest BCUT2D eigenvalue weighted by Gasteiger charge is -2.21. The molecule has 1 amide bonds. The molecular formula is C15H18ClNO2. The van der Waals surface area contributed by atoms with Crippen LogP contribution >= 0.6 is 11.6 Å². The summed E-state index contributed by atoms with van der Waals surface area (Å²) in [5.74, 6) is 0.677. The van der Waals surface area contributed by atoms with E-state index in [4.69, 9.17) is 11.6 Å². The normalized spacial score (nSPS) is 31.3. The summed E-state index contributed by atoms with van der Waals surface area (Å²) in [6.07, 6.45) is 1.65. The fraction of sp³-hybridized carbons (Fsp3) is 0.533. The van der Waals surface area contributed by atoms with Gasteiger partial charge < -0.3 is 10.0 Å². The second-order valence-electron chi connectivity index (χ2n) is 5.59. The summed E-state index contributed by atoms with van der Waals surface area (Å²) in [7, 11) is 0. The maximum absolute atomic E-state index is 12.4. The number of amides is 1. The van der Waals surface area contributed by atoms with Crippen LogP contribution in [-0.2, 0) is 4.79 Å². The van der Waals surface area contributed by atoms with E-state index in [0.717, 1.165) is 24.9 Å². The van der Waals surface area contributed by atoms with Crippen LogP contribution < -0.4 is 0 Å². The highest BCUT2D eigenvalue weighted by Gasteiger charge is 2.44. The van der Waals surface area contributed by atoms with Crippen LogP contribution in [0.4, 0.5) is 0 Å². The van der Waals surface area contributed by atoms with Crippen molar-refractivity contribution < 1.29 is 9.90 Å². The van der Waals surface area contributed by atoms with Gasteiger partial charge in [0.1, 0.15) is 5.38 Å². The second kappa shape index (κ2) is 5.14. The molecule has 1 saturated carbocycles. The predicted octanol–water partition coefficient (Wildman–Crippen LogP) is 2.20. The zero-order chi connectivity index (χ0) is 13.4. The molecule has 19 heavy (non-hydrogen) atoms. The number of benzene rings is 1. The smallest absolute Gasteiger partial charge is 0.245 e. The maximum atomic E-state index is 12.4. The summed E-state index contributed by atoms with van der Waals surface area (Å²) in [5.41, 5.74) is 0.840. The van der Waals surface area contributed by atoms with Crippen molar-refractivity contribution in [2.24, 2.45) is 11.8 Å². The number of aliphatic hydroxyl groups is 1. The van der Waals surface area contributed by atoms with Crippen molar-refractivity contribution in [3.8, 4) is 0 Å². The van der Waals surface area contributed by atoms with Crippen molar-refractivity contribution in [3.63, 3.8) is 0 Å². The predicted molar refractivity (Wildman–Crippen MR) is 73.8 cm³/mol. The van der Waals surface area contributed by atoms with E-state index in [1.165, 1.54) is 0 Å². The van der Waals surface area contributed by atoms with Crippen LogP contribution in [0.1, 0.15) is 23.8 Å². The number of halogens is 1. The van der Waals surface area contributed by atoms with Gasteiger partial charge in [0, 0.05) is 19.0 Å². The molecule has 2 aliphatic rings. The van der Waals surface area contributed by atoms with Gasteiger partial charge in [0.2, 0.25) is 5.91 Å². The van der Waals surface area contributed by atoms with E-state index in [0.29, 0.717) is 12.5 Å². The van der Waals surface area contributed by atoms with Gasteiger partial charge in [-0.1, -0.05) is 30.3 Å². The number of fused-ring (bicyclic) bond motifs is 1. The number of rotatable bonds is 2. The van der Waals surface area contributed by atoms with Gasteiger partial charge in [0.25, 0.3) is 0 Å². The minimum Gasteiger partial charge on any atom is -0.393 e. The van der Waals surface area contributed by atoms with Crippen LogP contribution in [0.3, 0.4) is 0 Å². The summed E-state index contributed by atoms with van der Waals surface area (Å²) in [6, 6.07) is 9.44. The molecule has 3 rings (SSSR count). The number of likely N-dealkylation sites (tertiary alicyclic amines) is 1. The van der Waals surface area contributed by atoms with Crippen molar-refractivity contribution in [1.29, 1.82) is 0 Å². The fourth-order valence-corrected chi connectivity index (χ4v) is 3.62. The Morgan fingerprint density at radius 2 is 2.00 bits per heavy atom. The first kappa shape index (κ1) is 12.9. The number of carbonyl (C=O) groups excluding carboxylic acids is 1. The molecule has 1 aromatic rings. The van der Waals surface area contributed by atoms with Crippen LogP contribution in [0.5, 0.6) is 0 Å². The fourth-order valence-electron chi connectivity index (χ4n) is 3.34. The zero-order valence-corrected chi connectivity index (χ0v) is 11.5. The largest absolute Gasteiger partial charge is 0.393 e. The van der Waals surface area contributed by atoms with Gasteiger partial charge in [-0.05, 0) is 24.3 Å². The maximum Gasteiger partial charge on any atom is 0.245 e. The minimum atomic E-state index is -0.614. The quantitative estimate of drug-likeness (QED) is 0.843. The zero-order valence-electron chi connectivity index (χ0n) is 10.7. The van der Waals surface area contributed by atoms with E-state index >= 15 is 0 Å². The van der Waals surface area contributed by atoms with E-state index in [1.54, 1.807) is 0 Å². The number of hydrogen-bond donors (Lipinski definition) is 1. The number of carbonyl (C=O) groups is 1. The van der Waals surface area contributed by atoms with Crippen LogP contribution in [0.2, 0.25) is 0 Å². The third-order valence-electron chi connectivity index (χ3n) is 4.44. The third-order valence-corrected chi connectivity index (χ3v) is 4.88. The van der Waals surface area contributed by atoms with E-state index in [-0.39, 0.29) is 17.9 Å². The molecule has 4 atom stereocenters. The molecule has 0 spiro atoms. The summed E-state index contributed by atoms with van der Waals surface area (Å²) < 4.78 is 0. The Bertz CT molecular complexity index is 464. The van der Waals surface area contributed by atoms with E-state index < -0.39 is 5.38 Å². The second-order valence-corrected chi connectivity index (χ2v) is 6.02. The van der Waals surface area contributed by atoms with Gasteiger partial charge >= 0.3 is 0 Å². The molecule has 3 nitrogen and oxygen atoms in total. The molecule has 1 N–H and O–H groups in total. The molecule has 102 valence electrons. The Kier molecular flexibility index (Phi) is 3.50. The lowest BCUT2D eigenvalue weighted by atomic mass is 10.00. The first-order valence-electron chi connectivity index (χ1n) is 6.82. The molecule has 0 aromatic heterocycles. The first-order chi connectivity index (χ1) is 9.16. The Labute approximate surface area is 118 Å². The first-order valence-corrected chi connectivity index (χ1v) is 7.26. The summed E-state index contributed by atoms with van der Waals surface area (Å²) in [5, 5.41) is 9.27. The van der Waals surface area contributed by atoms with Crippen LogP contribution in [-0.4, -0.2) is 35.1 Å². The number of alkyl halides is 1. The van der Waals surface area contributed by atoms with E-state index in [1.807, 2.05) is 35.2 Å². The molecule has 4 heteroatoms. The molecule has 0 radical (unpaired) electrons. The highest BCUT2D eigenvalue weighted by atomic mass is 35.5.